The van der Waals surface area contributed by atoms with E-state index in [9.17, 15) is 14.7 Å². The van der Waals surface area contributed by atoms with E-state index in [1.54, 1.807) is 4.90 Å². The molecule has 43 heavy (non-hydrogen) atoms. The lowest BCUT2D eigenvalue weighted by Gasteiger charge is -2.40. The zero-order chi connectivity index (χ0) is 30.9. The van der Waals surface area contributed by atoms with Gasteiger partial charge in [0.05, 0.1) is 11.6 Å². The molecule has 9 heteroatoms. The third kappa shape index (κ3) is 7.28. The summed E-state index contributed by atoms with van der Waals surface area (Å²) in [5.74, 6) is 0. The Hall–Kier alpha value is -3.69. The van der Waals surface area contributed by atoms with Crippen LogP contribution >= 0.6 is 0 Å². The Labute approximate surface area is 254 Å². The summed E-state index contributed by atoms with van der Waals surface area (Å²) in [4.78, 5) is 37.7. The zero-order valence-corrected chi connectivity index (χ0v) is 26.2. The van der Waals surface area contributed by atoms with Gasteiger partial charge in [0.25, 0.3) is 0 Å². The second kappa shape index (κ2) is 12.5. The molecular weight excluding hydrogens is 542 g/mol. The number of benzene rings is 1. The molecule has 1 aromatic carbocycles. The van der Waals surface area contributed by atoms with Gasteiger partial charge in [-0.2, -0.15) is 0 Å². The Morgan fingerprint density at radius 2 is 1.93 bits per heavy atom. The summed E-state index contributed by atoms with van der Waals surface area (Å²) < 4.78 is 7.70. The molecule has 2 aliphatic heterocycles. The van der Waals surface area contributed by atoms with Gasteiger partial charge >= 0.3 is 6.09 Å². The number of ether oxygens (including phenoxy) is 1. The van der Waals surface area contributed by atoms with Gasteiger partial charge in [-0.3, -0.25) is 14.7 Å². The van der Waals surface area contributed by atoms with Crippen LogP contribution < -0.4 is 10.3 Å². The number of piperidine rings is 1. The highest BCUT2D eigenvalue weighted by Crippen LogP contribution is 2.27. The van der Waals surface area contributed by atoms with Gasteiger partial charge in [0, 0.05) is 85.7 Å². The van der Waals surface area contributed by atoms with Crippen LogP contribution in [-0.2, 0) is 17.8 Å². The van der Waals surface area contributed by atoms with Crippen LogP contribution in [0.25, 0.3) is 16.6 Å². The van der Waals surface area contributed by atoms with Crippen LogP contribution in [0.5, 0.6) is 0 Å². The van der Waals surface area contributed by atoms with E-state index in [0.29, 0.717) is 43.7 Å². The fourth-order valence-electron chi connectivity index (χ4n) is 6.18. The summed E-state index contributed by atoms with van der Waals surface area (Å²) in [6.07, 6.45) is 5.63. The summed E-state index contributed by atoms with van der Waals surface area (Å²) in [5, 5.41) is 10.7. The standard InChI is InChI=1S/C34H45N5O4/c1-23(2)39-20-26(32(41)30-10-9-27(17-31(30)39)36-15-12-29(40)22-36)19-38(18-25-11-13-35-24(3)16-25)28-8-7-14-37(21-28)33(42)43-34(4,5)6/h9-11,13,16-17,20,28-29,40H,1,7-8,12,14-15,18-19,21-22H2,2-6H3/t28-,29+/m0/s1. The maximum Gasteiger partial charge on any atom is 0.410 e. The summed E-state index contributed by atoms with van der Waals surface area (Å²) >= 11 is 0. The fourth-order valence-corrected chi connectivity index (χ4v) is 6.18. The zero-order valence-electron chi connectivity index (χ0n) is 26.2. The van der Waals surface area contributed by atoms with Crippen LogP contribution in [-0.4, -0.2) is 74.5 Å². The molecule has 1 amide bonds. The lowest BCUT2D eigenvalue weighted by Crippen LogP contribution is -2.50. The molecule has 0 saturated carbocycles. The van der Waals surface area contributed by atoms with E-state index in [-0.39, 0.29) is 23.7 Å². The second-order valence-electron chi connectivity index (χ2n) is 13.1. The average molecular weight is 588 g/mol. The molecular formula is C34H45N5O4. The molecule has 2 atom stereocenters. The summed E-state index contributed by atoms with van der Waals surface area (Å²) in [7, 11) is 0. The van der Waals surface area contributed by atoms with Gasteiger partial charge in [-0.05, 0) is 89.8 Å². The number of carbonyl (C=O) groups is 1. The van der Waals surface area contributed by atoms with Gasteiger partial charge in [0.2, 0.25) is 0 Å². The van der Waals surface area contributed by atoms with Gasteiger partial charge in [0.15, 0.2) is 5.43 Å². The van der Waals surface area contributed by atoms with Crippen molar-refractivity contribution in [3.05, 3.63) is 76.3 Å². The van der Waals surface area contributed by atoms with E-state index in [2.05, 4.69) is 27.4 Å². The molecule has 0 bridgehead atoms. The smallest absolute Gasteiger partial charge is 0.410 e. The van der Waals surface area contributed by atoms with E-state index >= 15 is 0 Å². The van der Waals surface area contributed by atoms with Crippen LogP contribution in [0.3, 0.4) is 0 Å². The van der Waals surface area contributed by atoms with Crippen molar-refractivity contribution in [2.45, 2.75) is 84.7 Å². The molecule has 1 N–H and O–H groups in total. The van der Waals surface area contributed by atoms with Crippen LogP contribution in [0.4, 0.5) is 10.5 Å². The van der Waals surface area contributed by atoms with E-state index in [1.165, 1.54) is 0 Å². The number of fused-ring (bicyclic) bond motifs is 1. The van der Waals surface area contributed by atoms with E-state index < -0.39 is 5.60 Å². The number of hydrogen-bond donors (Lipinski definition) is 1. The topological polar surface area (TPSA) is 91.1 Å². The maximum atomic E-state index is 14.0. The molecule has 2 fully saturated rings. The molecule has 2 saturated heterocycles. The number of aryl methyl sites for hydroxylation is 1. The number of aliphatic hydroxyl groups excluding tert-OH is 1. The van der Waals surface area contributed by atoms with E-state index in [4.69, 9.17) is 4.74 Å². The van der Waals surface area contributed by atoms with Gasteiger partial charge in [0.1, 0.15) is 5.60 Å². The average Bonchev–Trinajstić information content (AvgIpc) is 3.39. The fraction of sp³-hybridized carbons (Fsp3) is 0.500. The highest BCUT2D eigenvalue weighted by molar-refractivity contribution is 5.85. The maximum absolute atomic E-state index is 14.0. The minimum Gasteiger partial charge on any atom is -0.444 e. The van der Waals surface area contributed by atoms with E-state index in [0.717, 1.165) is 54.0 Å². The monoisotopic (exact) mass is 587 g/mol. The van der Waals surface area contributed by atoms with E-state index in [1.807, 2.05) is 75.8 Å². The number of hydrogen-bond acceptors (Lipinski definition) is 7. The van der Waals surface area contributed by atoms with Crippen LogP contribution in [0, 0.1) is 6.92 Å². The lowest BCUT2D eigenvalue weighted by atomic mass is 10.0. The Bertz CT molecular complexity index is 1560. The molecule has 0 spiro atoms. The highest BCUT2D eigenvalue weighted by atomic mass is 16.6. The number of likely N-dealkylation sites (tertiary alicyclic amines) is 1. The number of allylic oxidation sites excluding steroid dienone is 1. The molecule has 3 aromatic rings. The first-order valence-corrected chi connectivity index (χ1v) is 15.3. The predicted octanol–water partition coefficient (Wildman–Crippen LogP) is 5.17. The molecule has 4 heterocycles. The molecule has 9 nitrogen and oxygen atoms in total. The Morgan fingerprint density at radius 1 is 1.14 bits per heavy atom. The number of amides is 1. The lowest BCUT2D eigenvalue weighted by molar-refractivity contribution is 0.00888. The van der Waals surface area contributed by atoms with Crippen molar-refractivity contribution < 1.29 is 14.6 Å². The van der Waals surface area contributed by atoms with Gasteiger partial charge < -0.3 is 24.2 Å². The first kappa shape index (κ1) is 30.8. The van der Waals surface area contributed by atoms with Crippen molar-refractivity contribution in [3.8, 4) is 0 Å². The van der Waals surface area contributed by atoms with Crippen molar-refractivity contribution >= 4 is 28.4 Å². The number of rotatable bonds is 7. The Morgan fingerprint density at radius 3 is 2.60 bits per heavy atom. The molecule has 2 aliphatic rings. The Balaban J connectivity index is 1.49. The molecule has 0 aliphatic carbocycles. The first-order chi connectivity index (χ1) is 20.4. The third-order valence-electron chi connectivity index (χ3n) is 8.29. The number of aliphatic hydroxyl groups is 1. The second-order valence-corrected chi connectivity index (χ2v) is 13.1. The van der Waals surface area contributed by atoms with Crippen molar-refractivity contribution in [2.75, 3.05) is 31.1 Å². The van der Waals surface area contributed by atoms with Crippen LogP contribution in [0.2, 0.25) is 0 Å². The van der Waals surface area contributed by atoms with Crippen LogP contribution in [0.15, 0.2) is 54.1 Å². The molecule has 0 unspecified atom stereocenters. The summed E-state index contributed by atoms with van der Waals surface area (Å²) in [6, 6.07) is 10.0. The molecule has 5 rings (SSSR count). The first-order valence-electron chi connectivity index (χ1n) is 15.3. The van der Waals surface area contributed by atoms with Crippen molar-refractivity contribution in [1.82, 2.24) is 19.4 Å². The SMILES string of the molecule is C=C(C)n1cc(CN(Cc2ccnc(C)c2)[C@H]2CCCN(C(=O)OC(C)(C)C)C2)c(=O)c2ccc(N3CC[C@@H](O)C3)cc21. The molecule has 2 aromatic heterocycles. The normalized spacial score (nSPS) is 19.3. The number of anilines is 1. The van der Waals surface area contributed by atoms with Crippen molar-refractivity contribution in [1.29, 1.82) is 0 Å². The third-order valence-corrected chi connectivity index (χ3v) is 8.29. The number of β-amino-alcohol motifs (C(OH)–C–C–N with tert-alkyl or cyclic N) is 1. The molecule has 230 valence electrons. The van der Waals surface area contributed by atoms with Gasteiger partial charge in [-0.25, -0.2) is 4.79 Å². The molecule has 0 radical (unpaired) electrons. The highest BCUT2D eigenvalue weighted by Gasteiger charge is 2.31. The van der Waals surface area contributed by atoms with Gasteiger partial charge in [-0.1, -0.05) is 6.58 Å². The van der Waals surface area contributed by atoms with Crippen molar-refractivity contribution in [2.24, 2.45) is 0 Å². The summed E-state index contributed by atoms with van der Waals surface area (Å²) in [6.45, 7) is 17.4. The number of pyridine rings is 2. The minimum atomic E-state index is -0.564. The van der Waals surface area contributed by atoms with Crippen LogP contribution in [0.1, 0.15) is 63.8 Å². The Kier molecular flexibility index (Phi) is 8.94. The number of carbonyl (C=O) groups excluding carboxylic acids is 1. The summed E-state index contributed by atoms with van der Waals surface area (Å²) in [5.41, 5.74) is 4.78. The number of nitrogens with zero attached hydrogens (tertiary/aromatic N) is 5. The number of aromatic nitrogens is 2. The van der Waals surface area contributed by atoms with Gasteiger partial charge in [-0.15, -0.1) is 0 Å². The van der Waals surface area contributed by atoms with Crippen molar-refractivity contribution in [3.63, 3.8) is 0 Å². The minimum absolute atomic E-state index is 0.00350. The quantitative estimate of drug-likeness (QED) is 0.408. The predicted molar refractivity (Wildman–Crippen MR) is 171 cm³/mol. The largest absolute Gasteiger partial charge is 0.444 e.